The second-order valence-electron chi connectivity index (χ2n) is 5.72. The fourth-order valence-electron chi connectivity index (χ4n) is 2.44. The maximum Gasteiger partial charge on any atom is 0.337 e. The van der Waals surface area contributed by atoms with Gasteiger partial charge in [0.15, 0.2) is 0 Å². The summed E-state index contributed by atoms with van der Waals surface area (Å²) in [5.41, 5.74) is 3.45. The third kappa shape index (κ3) is 5.46. The van der Waals surface area contributed by atoms with Crippen molar-refractivity contribution in [2.24, 2.45) is 0 Å². The van der Waals surface area contributed by atoms with E-state index in [1.54, 1.807) is 18.2 Å². The lowest BCUT2D eigenvalue weighted by atomic mass is 10.1. The third-order valence-corrected chi connectivity index (χ3v) is 3.39. The first-order valence-electron chi connectivity index (χ1n) is 7.74. The van der Waals surface area contributed by atoms with Crippen molar-refractivity contribution in [2.75, 3.05) is 17.7 Å². The molecule has 0 fully saturated rings. The zero-order chi connectivity index (χ0) is 18.4. The van der Waals surface area contributed by atoms with E-state index in [1.165, 1.54) is 13.2 Å². The number of nitrogens with one attached hydrogen (secondary N) is 2. The van der Waals surface area contributed by atoms with Crippen LogP contribution in [-0.4, -0.2) is 24.9 Å². The molecule has 0 aliphatic heterocycles. The highest BCUT2D eigenvalue weighted by Crippen LogP contribution is 2.15. The monoisotopic (exact) mass is 340 g/mol. The zero-order valence-electron chi connectivity index (χ0n) is 14.4. The molecule has 25 heavy (non-hydrogen) atoms. The first kappa shape index (κ1) is 18.2. The minimum Gasteiger partial charge on any atom is -0.465 e. The van der Waals surface area contributed by atoms with Gasteiger partial charge in [0.25, 0.3) is 0 Å². The molecule has 0 bridgehead atoms. The topological polar surface area (TPSA) is 84.5 Å². The summed E-state index contributed by atoms with van der Waals surface area (Å²) in [4.78, 5) is 35.5. The molecule has 2 rings (SSSR count). The lowest BCUT2D eigenvalue weighted by molar-refractivity contribution is -0.123. The number of hydrogen-bond acceptors (Lipinski definition) is 4. The number of anilines is 2. The third-order valence-electron chi connectivity index (χ3n) is 3.39. The Labute approximate surface area is 146 Å². The van der Waals surface area contributed by atoms with E-state index >= 15 is 0 Å². The van der Waals surface area contributed by atoms with Crippen LogP contribution in [0.2, 0.25) is 0 Å². The number of hydrogen-bond donors (Lipinski definition) is 2. The summed E-state index contributed by atoms with van der Waals surface area (Å²) in [7, 11) is 1.28. The SMILES string of the molecule is COC(=O)c1cccc(NC(=O)CC(=O)Nc2cc(C)cc(C)c2)c1. The predicted octanol–water partition coefficient (Wildman–Crippen LogP) is 3.06. The Kier molecular flexibility index (Phi) is 5.89. The molecule has 6 heteroatoms. The molecule has 0 atom stereocenters. The van der Waals surface area contributed by atoms with Gasteiger partial charge in [0.2, 0.25) is 11.8 Å². The molecule has 2 amide bonds. The van der Waals surface area contributed by atoms with E-state index < -0.39 is 17.8 Å². The van der Waals surface area contributed by atoms with Crippen LogP contribution in [0.5, 0.6) is 0 Å². The van der Waals surface area contributed by atoms with Gasteiger partial charge in [0.1, 0.15) is 6.42 Å². The van der Waals surface area contributed by atoms with Crippen LogP contribution in [0.4, 0.5) is 11.4 Å². The van der Waals surface area contributed by atoms with Gasteiger partial charge in [-0.25, -0.2) is 4.79 Å². The Bertz CT molecular complexity index is 795. The van der Waals surface area contributed by atoms with Crippen LogP contribution < -0.4 is 10.6 Å². The lowest BCUT2D eigenvalue weighted by Crippen LogP contribution is -2.21. The van der Waals surface area contributed by atoms with Crippen LogP contribution in [0.25, 0.3) is 0 Å². The summed E-state index contributed by atoms with van der Waals surface area (Å²) in [5.74, 6) is -1.38. The molecule has 0 aromatic heterocycles. The highest BCUT2D eigenvalue weighted by atomic mass is 16.5. The highest BCUT2D eigenvalue weighted by molar-refractivity contribution is 6.08. The van der Waals surface area contributed by atoms with Gasteiger partial charge in [-0.1, -0.05) is 12.1 Å². The zero-order valence-corrected chi connectivity index (χ0v) is 14.4. The van der Waals surface area contributed by atoms with E-state index in [2.05, 4.69) is 15.4 Å². The maximum absolute atomic E-state index is 12.0. The summed E-state index contributed by atoms with van der Waals surface area (Å²) in [6, 6.07) is 12.0. The molecule has 130 valence electrons. The van der Waals surface area contributed by atoms with Crippen molar-refractivity contribution >= 4 is 29.2 Å². The molecule has 2 N–H and O–H groups in total. The lowest BCUT2D eigenvalue weighted by Gasteiger charge is -2.09. The van der Waals surface area contributed by atoms with Gasteiger partial charge in [0, 0.05) is 11.4 Å². The molecule has 0 radical (unpaired) electrons. The van der Waals surface area contributed by atoms with E-state index in [1.807, 2.05) is 32.0 Å². The average molecular weight is 340 g/mol. The minimum atomic E-state index is -0.497. The Balaban J connectivity index is 1.95. The number of carbonyl (C=O) groups is 3. The molecule has 0 heterocycles. The molecular formula is C19H20N2O4. The first-order valence-corrected chi connectivity index (χ1v) is 7.74. The summed E-state index contributed by atoms with van der Waals surface area (Å²) in [6.45, 7) is 3.87. The summed E-state index contributed by atoms with van der Waals surface area (Å²) >= 11 is 0. The number of amides is 2. The summed E-state index contributed by atoms with van der Waals surface area (Å²) in [6.07, 6.45) is -0.324. The van der Waals surface area contributed by atoms with Gasteiger partial charge in [-0.2, -0.15) is 0 Å². The smallest absolute Gasteiger partial charge is 0.337 e. The van der Waals surface area contributed by atoms with Crippen LogP contribution in [0.1, 0.15) is 27.9 Å². The largest absolute Gasteiger partial charge is 0.465 e. The molecule has 6 nitrogen and oxygen atoms in total. The molecular weight excluding hydrogens is 320 g/mol. The quantitative estimate of drug-likeness (QED) is 0.647. The number of rotatable bonds is 5. The van der Waals surface area contributed by atoms with Crippen molar-refractivity contribution < 1.29 is 19.1 Å². The fourth-order valence-corrected chi connectivity index (χ4v) is 2.44. The van der Waals surface area contributed by atoms with Crippen LogP contribution in [0.3, 0.4) is 0 Å². The van der Waals surface area contributed by atoms with Crippen LogP contribution in [-0.2, 0) is 14.3 Å². The first-order chi connectivity index (χ1) is 11.9. The number of esters is 1. The predicted molar refractivity (Wildman–Crippen MR) is 95.6 cm³/mol. The van der Waals surface area contributed by atoms with Gasteiger partial charge in [-0.05, 0) is 55.3 Å². The van der Waals surface area contributed by atoms with Gasteiger partial charge in [0.05, 0.1) is 12.7 Å². The Morgan fingerprint density at radius 3 is 2.08 bits per heavy atom. The van der Waals surface area contributed by atoms with Crippen molar-refractivity contribution in [1.82, 2.24) is 0 Å². The molecule has 2 aromatic carbocycles. The highest BCUT2D eigenvalue weighted by Gasteiger charge is 2.12. The summed E-state index contributed by atoms with van der Waals surface area (Å²) in [5, 5.41) is 5.30. The molecule has 0 saturated carbocycles. The molecule has 0 unspecified atom stereocenters. The minimum absolute atomic E-state index is 0.319. The van der Waals surface area contributed by atoms with Crippen molar-refractivity contribution in [2.45, 2.75) is 20.3 Å². The number of ether oxygens (including phenoxy) is 1. The second-order valence-corrected chi connectivity index (χ2v) is 5.72. The Morgan fingerprint density at radius 2 is 1.48 bits per heavy atom. The van der Waals surface area contributed by atoms with E-state index in [0.717, 1.165) is 11.1 Å². The molecule has 0 aliphatic carbocycles. The number of carbonyl (C=O) groups excluding carboxylic acids is 3. The maximum atomic E-state index is 12.0. The average Bonchev–Trinajstić information content (AvgIpc) is 2.52. The van der Waals surface area contributed by atoms with Crippen molar-refractivity contribution in [3.05, 3.63) is 59.2 Å². The molecule has 0 spiro atoms. The van der Waals surface area contributed by atoms with Crippen molar-refractivity contribution in [3.63, 3.8) is 0 Å². The molecule has 0 aliphatic rings. The van der Waals surface area contributed by atoms with E-state index in [4.69, 9.17) is 0 Å². The standard InChI is InChI=1S/C19H20N2O4/c1-12-7-13(2)9-16(8-12)21-18(23)11-17(22)20-15-6-4-5-14(10-15)19(24)25-3/h4-10H,11H2,1-3H3,(H,20,22)(H,21,23). The van der Waals surface area contributed by atoms with Crippen molar-refractivity contribution in [1.29, 1.82) is 0 Å². The van der Waals surface area contributed by atoms with E-state index in [-0.39, 0.29) is 6.42 Å². The number of benzene rings is 2. The summed E-state index contributed by atoms with van der Waals surface area (Å²) < 4.78 is 4.63. The van der Waals surface area contributed by atoms with Gasteiger partial charge >= 0.3 is 5.97 Å². The van der Waals surface area contributed by atoms with Crippen LogP contribution in [0, 0.1) is 13.8 Å². The fraction of sp³-hybridized carbons (Fsp3) is 0.211. The van der Waals surface area contributed by atoms with Crippen LogP contribution >= 0.6 is 0 Å². The Hall–Kier alpha value is -3.15. The number of methoxy groups -OCH3 is 1. The Morgan fingerprint density at radius 1 is 0.880 bits per heavy atom. The van der Waals surface area contributed by atoms with Gasteiger partial charge < -0.3 is 15.4 Å². The normalized spacial score (nSPS) is 10.0. The van der Waals surface area contributed by atoms with Gasteiger partial charge in [-0.15, -0.1) is 0 Å². The van der Waals surface area contributed by atoms with Crippen LogP contribution in [0.15, 0.2) is 42.5 Å². The van der Waals surface area contributed by atoms with E-state index in [0.29, 0.717) is 16.9 Å². The van der Waals surface area contributed by atoms with E-state index in [9.17, 15) is 14.4 Å². The molecule has 0 saturated heterocycles. The number of aryl methyl sites for hydroxylation is 2. The van der Waals surface area contributed by atoms with Gasteiger partial charge in [-0.3, -0.25) is 9.59 Å². The van der Waals surface area contributed by atoms with Crippen molar-refractivity contribution in [3.8, 4) is 0 Å². The second kappa shape index (κ2) is 8.10. The molecule has 2 aromatic rings.